The molecule has 2 amide bonds. The number of hydrazine groups is 1. The van der Waals surface area contributed by atoms with Crippen molar-refractivity contribution in [1.29, 1.82) is 0 Å². The Hall–Kier alpha value is -3.34. The van der Waals surface area contributed by atoms with E-state index in [-0.39, 0.29) is 42.1 Å². The maximum Gasteiger partial charge on any atom is 0.325 e. The van der Waals surface area contributed by atoms with Crippen LogP contribution in [0.4, 0.5) is 0 Å². The molecule has 0 radical (unpaired) electrons. The molecule has 0 aliphatic carbocycles. The lowest BCUT2D eigenvalue weighted by Gasteiger charge is -2.32. The average molecular weight is 578 g/mol. The van der Waals surface area contributed by atoms with Crippen LogP contribution < -0.4 is 16.1 Å². The predicted octanol–water partition coefficient (Wildman–Crippen LogP) is 3.77. The van der Waals surface area contributed by atoms with Gasteiger partial charge < -0.3 is 20.1 Å². The Labute approximate surface area is 247 Å². The van der Waals surface area contributed by atoms with Gasteiger partial charge in [-0.1, -0.05) is 44.2 Å². The van der Waals surface area contributed by atoms with Crippen LogP contribution in [0.1, 0.15) is 83.6 Å². The first-order valence-electron chi connectivity index (χ1n) is 15.3. The summed E-state index contributed by atoms with van der Waals surface area (Å²) >= 11 is 0. The van der Waals surface area contributed by atoms with Gasteiger partial charge in [-0.15, -0.1) is 0 Å². The summed E-state index contributed by atoms with van der Waals surface area (Å²) in [7, 11) is 0. The van der Waals surface area contributed by atoms with Crippen LogP contribution >= 0.6 is 0 Å². The number of esters is 1. The van der Waals surface area contributed by atoms with Crippen molar-refractivity contribution in [2.24, 2.45) is 5.92 Å². The van der Waals surface area contributed by atoms with E-state index >= 15 is 0 Å². The molecule has 3 N–H and O–H groups in total. The van der Waals surface area contributed by atoms with Crippen molar-refractivity contribution in [2.45, 2.75) is 103 Å². The van der Waals surface area contributed by atoms with Crippen molar-refractivity contribution in [1.82, 2.24) is 26.1 Å². The van der Waals surface area contributed by atoms with Crippen molar-refractivity contribution >= 4 is 34.8 Å². The molecule has 7 unspecified atom stereocenters. The molecule has 3 aliphatic heterocycles. The van der Waals surface area contributed by atoms with Crippen LogP contribution in [0.2, 0.25) is 0 Å². The Balaban J connectivity index is 1.33. The lowest BCUT2D eigenvalue weighted by Crippen LogP contribution is -2.56. The van der Waals surface area contributed by atoms with Gasteiger partial charge in [0.1, 0.15) is 24.3 Å². The number of pyridine rings is 1. The molecule has 5 bridgehead atoms. The number of ether oxygens (including phenoxy) is 2. The number of allylic oxidation sites excluding steroid dienone is 1. The minimum Gasteiger partial charge on any atom is -0.455 e. The number of epoxide rings is 1. The van der Waals surface area contributed by atoms with Gasteiger partial charge in [-0.2, -0.15) is 0 Å². The lowest BCUT2D eigenvalue weighted by molar-refractivity contribution is -0.155. The van der Waals surface area contributed by atoms with Gasteiger partial charge in [0.15, 0.2) is 6.23 Å². The lowest BCUT2D eigenvalue weighted by atomic mass is 10.0. The highest BCUT2D eigenvalue weighted by Crippen LogP contribution is 2.30. The number of amides is 2. The number of fused-ring (bicyclic) bond motifs is 6. The highest BCUT2D eigenvalue weighted by atomic mass is 16.6. The van der Waals surface area contributed by atoms with Crippen LogP contribution in [0.5, 0.6) is 0 Å². The van der Waals surface area contributed by atoms with E-state index in [1.165, 1.54) is 0 Å². The molecule has 10 heteroatoms. The molecular formula is C32H43N5O5. The third-order valence-electron chi connectivity index (χ3n) is 8.22. The van der Waals surface area contributed by atoms with Crippen molar-refractivity contribution in [3.05, 3.63) is 47.7 Å². The van der Waals surface area contributed by atoms with E-state index in [1.807, 2.05) is 57.0 Å². The molecule has 0 saturated carbocycles. The number of cyclic esters (lactones) is 1. The number of nitrogens with one attached hydrogen (secondary N) is 3. The Bertz CT molecular complexity index is 1330. The van der Waals surface area contributed by atoms with E-state index in [9.17, 15) is 14.4 Å². The number of carbonyl (C=O) groups excluding carboxylic acids is 3. The summed E-state index contributed by atoms with van der Waals surface area (Å²) in [5.74, 6) is -0.726. The van der Waals surface area contributed by atoms with Gasteiger partial charge in [-0.25, -0.2) is 15.4 Å². The van der Waals surface area contributed by atoms with Gasteiger partial charge in [0, 0.05) is 18.4 Å². The van der Waals surface area contributed by atoms with Gasteiger partial charge in [0.05, 0.1) is 17.3 Å². The highest BCUT2D eigenvalue weighted by Gasteiger charge is 2.49. The zero-order valence-corrected chi connectivity index (χ0v) is 25.0. The van der Waals surface area contributed by atoms with Gasteiger partial charge >= 0.3 is 5.97 Å². The zero-order chi connectivity index (χ0) is 29.8. The SMILES string of the molecule is CC1OC(=O)C2CCCN(N2)C2OC2C(C)NC(=O)C(C(C)C)NC(=O)CCCCC=Cc2ccc3ccc1nc3c2. The van der Waals surface area contributed by atoms with Crippen LogP contribution in [0.3, 0.4) is 0 Å². The first kappa shape index (κ1) is 30.1. The second-order valence-corrected chi connectivity index (χ2v) is 12.0. The maximum absolute atomic E-state index is 13.1. The molecule has 4 heterocycles. The van der Waals surface area contributed by atoms with E-state index in [1.54, 1.807) is 0 Å². The van der Waals surface area contributed by atoms with Crippen molar-refractivity contribution in [2.75, 3.05) is 6.54 Å². The third-order valence-corrected chi connectivity index (χ3v) is 8.22. The molecule has 42 heavy (non-hydrogen) atoms. The Morgan fingerprint density at radius 2 is 1.83 bits per heavy atom. The van der Waals surface area contributed by atoms with Gasteiger partial charge in [0.25, 0.3) is 0 Å². The maximum atomic E-state index is 13.1. The standard InChI is InChI=1S/C32H43N5O5/c1-19(2)28-30(39)33-20(3)29-31(42-29)37-17-9-11-25(36-37)32(40)41-21(4)24-16-15-23-14-13-22(18-26(23)34-24)10-7-5-6-8-12-27(38)35-28/h7,10,13-16,18-21,25,28-29,31,36H,5-6,8-9,11-12,17H2,1-4H3,(H,33,39)(H,35,38). The summed E-state index contributed by atoms with van der Waals surface area (Å²) < 4.78 is 11.8. The number of hydrogen-bond donors (Lipinski definition) is 3. The smallest absolute Gasteiger partial charge is 0.325 e. The number of rotatable bonds is 1. The average Bonchev–Trinajstić information content (AvgIpc) is 3.78. The quantitative estimate of drug-likeness (QED) is 0.346. The third kappa shape index (κ3) is 7.35. The highest BCUT2D eigenvalue weighted by molar-refractivity contribution is 5.88. The first-order valence-corrected chi connectivity index (χ1v) is 15.3. The molecule has 1 aromatic carbocycles. The fourth-order valence-corrected chi connectivity index (χ4v) is 5.64. The number of aromatic nitrogens is 1. The molecular weight excluding hydrogens is 534 g/mol. The summed E-state index contributed by atoms with van der Waals surface area (Å²) in [6, 6.07) is 8.64. The molecule has 226 valence electrons. The largest absolute Gasteiger partial charge is 0.455 e. The monoisotopic (exact) mass is 577 g/mol. The summed E-state index contributed by atoms with van der Waals surface area (Å²) in [6.07, 6.45) is 7.45. The number of benzene rings is 1. The van der Waals surface area contributed by atoms with Gasteiger partial charge in [-0.3, -0.25) is 14.4 Å². The van der Waals surface area contributed by atoms with Crippen LogP contribution in [0.15, 0.2) is 36.4 Å². The van der Waals surface area contributed by atoms with Gasteiger partial charge in [-0.05, 0) is 69.6 Å². The summed E-state index contributed by atoms with van der Waals surface area (Å²) in [4.78, 5) is 43.8. The summed E-state index contributed by atoms with van der Waals surface area (Å²) in [5.41, 5.74) is 5.86. The number of carbonyl (C=O) groups is 3. The Morgan fingerprint density at radius 3 is 2.64 bits per heavy atom. The molecule has 10 nitrogen and oxygen atoms in total. The second kappa shape index (κ2) is 13.3. The molecule has 0 spiro atoms. The van der Waals surface area contributed by atoms with Crippen LogP contribution in [0, 0.1) is 5.92 Å². The molecule has 2 fully saturated rings. The normalized spacial score (nSPS) is 31.5. The Kier molecular flexibility index (Phi) is 9.55. The fourth-order valence-electron chi connectivity index (χ4n) is 5.64. The molecule has 7 atom stereocenters. The fraction of sp³-hybridized carbons (Fsp3) is 0.562. The molecule has 3 aliphatic rings. The van der Waals surface area contributed by atoms with E-state index in [0.29, 0.717) is 18.5 Å². The topological polar surface area (TPSA) is 125 Å². The van der Waals surface area contributed by atoms with Crippen LogP contribution in [-0.4, -0.2) is 64.8 Å². The summed E-state index contributed by atoms with van der Waals surface area (Å²) in [6.45, 7) is 8.31. The van der Waals surface area contributed by atoms with Crippen molar-refractivity contribution in [3.8, 4) is 0 Å². The van der Waals surface area contributed by atoms with Crippen LogP contribution in [-0.2, 0) is 23.9 Å². The minimum atomic E-state index is -0.623. The molecule has 2 aromatic rings. The van der Waals surface area contributed by atoms with E-state index in [0.717, 1.165) is 48.7 Å². The summed E-state index contributed by atoms with van der Waals surface area (Å²) in [5, 5.41) is 8.91. The number of nitrogens with zero attached hydrogens (tertiary/aromatic N) is 2. The second-order valence-electron chi connectivity index (χ2n) is 12.0. The first-order chi connectivity index (χ1) is 20.2. The molecule has 5 rings (SSSR count). The van der Waals surface area contributed by atoms with Crippen molar-refractivity contribution < 1.29 is 23.9 Å². The zero-order valence-electron chi connectivity index (χ0n) is 25.0. The van der Waals surface area contributed by atoms with E-state index in [4.69, 9.17) is 14.5 Å². The molecule has 2 saturated heterocycles. The van der Waals surface area contributed by atoms with E-state index in [2.05, 4.69) is 34.3 Å². The van der Waals surface area contributed by atoms with Gasteiger partial charge in [0.2, 0.25) is 11.8 Å². The van der Waals surface area contributed by atoms with Crippen molar-refractivity contribution in [3.63, 3.8) is 0 Å². The number of hydrogen-bond acceptors (Lipinski definition) is 8. The Morgan fingerprint density at radius 1 is 1.02 bits per heavy atom. The molecule has 1 aromatic heterocycles. The minimum absolute atomic E-state index is 0.0624. The predicted molar refractivity (Wildman–Crippen MR) is 160 cm³/mol. The van der Waals surface area contributed by atoms with Crippen LogP contribution in [0.25, 0.3) is 17.0 Å². The van der Waals surface area contributed by atoms with E-state index < -0.39 is 18.2 Å².